The number of nitrogens with zero attached hydrogens (tertiary/aromatic N) is 2. The van der Waals surface area contributed by atoms with Crippen molar-refractivity contribution in [1.82, 2.24) is 9.97 Å². The van der Waals surface area contributed by atoms with E-state index in [2.05, 4.69) is 32.0 Å². The Bertz CT molecular complexity index is 1160. The summed E-state index contributed by atoms with van der Waals surface area (Å²) < 4.78 is 6.72. The Labute approximate surface area is 171 Å². The Kier molecular flexibility index (Phi) is 5.22. The molecular formula is C23H16BrN3O. The van der Waals surface area contributed by atoms with Crippen molar-refractivity contribution in [2.45, 2.75) is 6.61 Å². The maximum atomic E-state index is 9.59. The third-order valence-electron chi connectivity index (χ3n) is 4.27. The van der Waals surface area contributed by atoms with Crippen LogP contribution in [0.4, 0.5) is 0 Å². The number of fused-ring (bicyclic) bond motifs is 1. The van der Waals surface area contributed by atoms with E-state index in [1.165, 1.54) is 0 Å². The summed E-state index contributed by atoms with van der Waals surface area (Å²) in [5.41, 5.74) is 4.21. The number of para-hydroxylation sites is 2. The Balaban J connectivity index is 1.56. The number of rotatable bonds is 5. The van der Waals surface area contributed by atoms with E-state index in [1.807, 2.05) is 78.9 Å². The second-order valence-electron chi connectivity index (χ2n) is 6.24. The van der Waals surface area contributed by atoms with Crippen LogP contribution in [0.15, 0.2) is 77.3 Å². The van der Waals surface area contributed by atoms with Crippen molar-refractivity contribution in [2.75, 3.05) is 0 Å². The van der Waals surface area contributed by atoms with Crippen molar-refractivity contribution in [1.29, 1.82) is 5.26 Å². The molecule has 4 rings (SSSR count). The first-order valence-corrected chi connectivity index (χ1v) is 9.55. The zero-order valence-electron chi connectivity index (χ0n) is 14.9. The molecule has 0 aliphatic rings. The van der Waals surface area contributed by atoms with E-state index in [9.17, 15) is 5.26 Å². The summed E-state index contributed by atoms with van der Waals surface area (Å²) in [5, 5.41) is 9.59. The van der Waals surface area contributed by atoms with Gasteiger partial charge in [-0.15, -0.1) is 0 Å². The highest BCUT2D eigenvalue weighted by molar-refractivity contribution is 9.10. The highest BCUT2D eigenvalue weighted by Crippen LogP contribution is 2.28. The predicted octanol–water partition coefficient (Wildman–Crippen LogP) is 5.97. The standard InChI is InChI=1S/C23H16BrN3O/c24-19-13-17(10-11-22(19)28-15-16-6-2-1-3-7-16)12-18(14-25)23-26-20-8-4-5-9-21(20)27-23/h1-13H,15H2,(H,26,27)/b18-12+. The largest absolute Gasteiger partial charge is 0.488 e. The molecule has 0 saturated heterocycles. The van der Waals surface area contributed by atoms with Crippen molar-refractivity contribution in [3.8, 4) is 11.8 Å². The molecule has 1 aromatic heterocycles. The zero-order valence-corrected chi connectivity index (χ0v) is 16.5. The molecule has 0 aliphatic carbocycles. The van der Waals surface area contributed by atoms with Gasteiger partial charge in [0.25, 0.3) is 0 Å². The molecule has 1 N–H and O–H groups in total. The summed E-state index contributed by atoms with van der Waals surface area (Å²) in [7, 11) is 0. The third-order valence-corrected chi connectivity index (χ3v) is 4.89. The highest BCUT2D eigenvalue weighted by Gasteiger charge is 2.09. The van der Waals surface area contributed by atoms with E-state index >= 15 is 0 Å². The molecule has 136 valence electrons. The monoisotopic (exact) mass is 429 g/mol. The number of halogens is 1. The number of aromatic amines is 1. The number of benzene rings is 3. The molecule has 4 nitrogen and oxygen atoms in total. The number of imidazole rings is 1. The number of hydrogen-bond donors (Lipinski definition) is 1. The van der Waals surface area contributed by atoms with Crippen LogP contribution in [0.25, 0.3) is 22.7 Å². The summed E-state index contributed by atoms with van der Waals surface area (Å²) in [6.45, 7) is 0.497. The molecule has 0 amide bonds. The lowest BCUT2D eigenvalue weighted by Crippen LogP contribution is -1.95. The second kappa shape index (κ2) is 8.12. The smallest absolute Gasteiger partial charge is 0.149 e. The number of hydrogen-bond acceptors (Lipinski definition) is 3. The van der Waals surface area contributed by atoms with Crippen LogP contribution >= 0.6 is 15.9 Å². The van der Waals surface area contributed by atoms with Crippen LogP contribution < -0.4 is 4.74 Å². The fourth-order valence-corrected chi connectivity index (χ4v) is 3.37. The van der Waals surface area contributed by atoms with Gasteiger partial charge in [0.15, 0.2) is 0 Å². The molecular weight excluding hydrogens is 414 g/mol. The maximum Gasteiger partial charge on any atom is 0.149 e. The molecule has 0 saturated carbocycles. The number of ether oxygens (including phenoxy) is 1. The molecule has 0 atom stereocenters. The van der Waals surface area contributed by atoms with Crippen LogP contribution in [0, 0.1) is 11.3 Å². The number of aromatic nitrogens is 2. The summed E-state index contributed by atoms with van der Waals surface area (Å²) in [5.74, 6) is 1.31. The Morgan fingerprint density at radius 2 is 1.86 bits per heavy atom. The number of H-pyrrole nitrogens is 1. The Morgan fingerprint density at radius 1 is 1.07 bits per heavy atom. The van der Waals surface area contributed by atoms with Crippen LogP contribution in [-0.4, -0.2) is 9.97 Å². The van der Waals surface area contributed by atoms with Gasteiger partial charge in [0, 0.05) is 0 Å². The van der Waals surface area contributed by atoms with Crippen LogP contribution in [0.1, 0.15) is 17.0 Å². The van der Waals surface area contributed by atoms with Gasteiger partial charge in [-0.2, -0.15) is 5.26 Å². The lowest BCUT2D eigenvalue weighted by molar-refractivity contribution is 0.304. The molecule has 0 radical (unpaired) electrons. The summed E-state index contributed by atoms with van der Waals surface area (Å²) in [6, 6.07) is 25.7. The fraction of sp³-hybridized carbons (Fsp3) is 0.0435. The molecule has 0 aliphatic heterocycles. The predicted molar refractivity (Wildman–Crippen MR) is 114 cm³/mol. The van der Waals surface area contributed by atoms with Crippen molar-refractivity contribution in [3.05, 3.63) is 94.2 Å². The van der Waals surface area contributed by atoms with Crippen LogP contribution in [0.3, 0.4) is 0 Å². The first kappa shape index (κ1) is 18.0. The van der Waals surface area contributed by atoms with Crippen LogP contribution in [0.2, 0.25) is 0 Å². The van der Waals surface area contributed by atoms with Gasteiger partial charge in [-0.05, 0) is 57.4 Å². The molecule has 28 heavy (non-hydrogen) atoms. The van der Waals surface area contributed by atoms with Crippen LogP contribution in [-0.2, 0) is 6.61 Å². The first-order chi connectivity index (χ1) is 13.7. The average Bonchev–Trinajstić information content (AvgIpc) is 3.16. The topological polar surface area (TPSA) is 61.7 Å². The van der Waals surface area contributed by atoms with Gasteiger partial charge >= 0.3 is 0 Å². The minimum absolute atomic E-state index is 0.473. The van der Waals surface area contributed by atoms with Gasteiger partial charge in [0.1, 0.15) is 24.3 Å². The SMILES string of the molecule is N#C/C(=C\c1ccc(OCc2ccccc2)c(Br)c1)c1nc2ccccc2[nH]1. The lowest BCUT2D eigenvalue weighted by atomic mass is 10.1. The van der Waals surface area contributed by atoms with Gasteiger partial charge in [-0.1, -0.05) is 48.5 Å². The molecule has 5 heteroatoms. The van der Waals surface area contributed by atoms with Crippen molar-refractivity contribution < 1.29 is 4.74 Å². The minimum atomic E-state index is 0.473. The van der Waals surface area contributed by atoms with Crippen molar-refractivity contribution in [3.63, 3.8) is 0 Å². The zero-order chi connectivity index (χ0) is 19.3. The average molecular weight is 430 g/mol. The molecule has 0 spiro atoms. The van der Waals surface area contributed by atoms with Gasteiger partial charge < -0.3 is 9.72 Å². The molecule has 0 fully saturated rings. The van der Waals surface area contributed by atoms with Gasteiger partial charge in [0.2, 0.25) is 0 Å². The van der Waals surface area contributed by atoms with E-state index < -0.39 is 0 Å². The summed E-state index contributed by atoms with van der Waals surface area (Å²) >= 11 is 3.56. The minimum Gasteiger partial charge on any atom is -0.488 e. The number of nitriles is 1. The second-order valence-corrected chi connectivity index (χ2v) is 7.09. The van der Waals surface area contributed by atoms with Crippen LogP contribution in [0.5, 0.6) is 5.75 Å². The molecule has 3 aromatic carbocycles. The number of nitrogens with one attached hydrogen (secondary N) is 1. The lowest BCUT2D eigenvalue weighted by Gasteiger charge is -2.09. The third kappa shape index (κ3) is 3.98. The Hall–Kier alpha value is -3.36. The van der Waals surface area contributed by atoms with E-state index in [0.717, 1.165) is 32.4 Å². The highest BCUT2D eigenvalue weighted by atomic mass is 79.9. The molecule has 4 aromatic rings. The van der Waals surface area contributed by atoms with Crippen molar-refractivity contribution >= 4 is 38.6 Å². The first-order valence-electron chi connectivity index (χ1n) is 8.76. The molecule has 0 bridgehead atoms. The van der Waals surface area contributed by atoms with Crippen molar-refractivity contribution in [2.24, 2.45) is 0 Å². The van der Waals surface area contributed by atoms with E-state index in [0.29, 0.717) is 18.0 Å². The quantitative estimate of drug-likeness (QED) is 0.397. The maximum absolute atomic E-state index is 9.59. The summed E-state index contributed by atoms with van der Waals surface area (Å²) in [4.78, 5) is 7.69. The molecule has 1 heterocycles. The van der Waals surface area contributed by atoms with E-state index in [1.54, 1.807) is 0 Å². The number of allylic oxidation sites excluding steroid dienone is 1. The van der Waals surface area contributed by atoms with Gasteiger partial charge in [-0.3, -0.25) is 0 Å². The van der Waals surface area contributed by atoms with E-state index in [-0.39, 0.29) is 0 Å². The Morgan fingerprint density at radius 3 is 2.61 bits per heavy atom. The van der Waals surface area contributed by atoms with E-state index in [4.69, 9.17) is 4.74 Å². The van der Waals surface area contributed by atoms with Gasteiger partial charge in [0.05, 0.1) is 21.1 Å². The normalized spacial score (nSPS) is 11.4. The van der Waals surface area contributed by atoms with Gasteiger partial charge in [-0.25, -0.2) is 4.98 Å². The fourth-order valence-electron chi connectivity index (χ4n) is 2.86. The molecule has 0 unspecified atom stereocenters. The summed E-state index contributed by atoms with van der Waals surface area (Å²) in [6.07, 6.45) is 1.81.